The van der Waals surface area contributed by atoms with Gasteiger partial charge in [0, 0.05) is 37.1 Å². The first-order valence-electron chi connectivity index (χ1n) is 8.75. The molecule has 1 N–H and O–H groups in total. The van der Waals surface area contributed by atoms with Crippen LogP contribution in [0.15, 0.2) is 36.5 Å². The van der Waals surface area contributed by atoms with Gasteiger partial charge in [0.05, 0.1) is 6.54 Å². The number of carbonyl (C=O) groups is 1. The second-order valence-corrected chi connectivity index (χ2v) is 7.00. The van der Waals surface area contributed by atoms with E-state index in [9.17, 15) is 4.79 Å². The van der Waals surface area contributed by atoms with Gasteiger partial charge in [0.2, 0.25) is 5.91 Å². The van der Waals surface area contributed by atoms with Gasteiger partial charge in [0.15, 0.2) is 0 Å². The van der Waals surface area contributed by atoms with Gasteiger partial charge in [-0.2, -0.15) is 0 Å². The SMILES string of the molecule is Cc1cccc(NC(=O)CN2C3CC2CN(c2ccnc(C)n2)C3)c1. The standard InChI is InChI=1S/C19H23N5O/c1-13-4-3-5-15(8-13)22-19(25)12-24-16-9-17(24)11-23(10-16)18-6-7-20-14(2)21-18/h3-8,16-17H,9-12H2,1-2H3,(H,22,25). The molecule has 2 atom stereocenters. The van der Waals surface area contributed by atoms with E-state index in [1.165, 1.54) is 0 Å². The molecule has 5 rings (SSSR count). The quantitative estimate of drug-likeness (QED) is 0.924. The van der Waals surface area contributed by atoms with Gasteiger partial charge >= 0.3 is 0 Å². The molecule has 2 aromatic rings. The second-order valence-electron chi connectivity index (χ2n) is 7.00. The summed E-state index contributed by atoms with van der Waals surface area (Å²) < 4.78 is 0. The summed E-state index contributed by atoms with van der Waals surface area (Å²) in [6, 6.07) is 10.7. The summed E-state index contributed by atoms with van der Waals surface area (Å²) in [7, 11) is 0. The van der Waals surface area contributed by atoms with E-state index in [4.69, 9.17) is 0 Å². The number of benzene rings is 1. The van der Waals surface area contributed by atoms with Gasteiger partial charge in [-0.05, 0) is 44.0 Å². The maximum atomic E-state index is 12.4. The van der Waals surface area contributed by atoms with E-state index in [-0.39, 0.29) is 5.91 Å². The van der Waals surface area contributed by atoms with Gasteiger partial charge in [-0.25, -0.2) is 9.97 Å². The van der Waals surface area contributed by atoms with Crippen LogP contribution in [0, 0.1) is 13.8 Å². The number of aromatic nitrogens is 2. The van der Waals surface area contributed by atoms with Gasteiger partial charge in [0.25, 0.3) is 0 Å². The molecule has 1 aromatic carbocycles. The lowest BCUT2D eigenvalue weighted by atomic mass is 9.87. The number of piperidine rings is 1. The Labute approximate surface area is 147 Å². The Bertz CT molecular complexity index is 781. The van der Waals surface area contributed by atoms with Crippen molar-refractivity contribution in [3.63, 3.8) is 0 Å². The van der Waals surface area contributed by atoms with Gasteiger partial charge in [0.1, 0.15) is 11.6 Å². The lowest BCUT2D eigenvalue weighted by molar-refractivity contribution is -0.121. The fourth-order valence-electron chi connectivity index (χ4n) is 3.84. The van der Waals surface area contributed by atoms with Crippen molar-refractivity contribution in [2.45, 2.75) is 32.4 Å². The first-order valence-corrected chi connectivity index (χ1v) is 8.75. The minimum atomic E-state index is 0.0617. The predicted octanol–water partition coefficient (Wildman–Crippen LogP) is 2.00. The summed E-state index contributed by atoms with van der Waals surface area (Å²) in [5.41, 5.74) is 2.02. The van der Waals surface area contributed by atoms with Crippen molar-refractivity contribution in [2.24, 2.45) is 0 Å². The average Bonchev–Trinajstić information content (AvgIpc) is 2.60. The zero-order valence-electron chi connectivity index (χ0n) is 14.6. The van der Waals surface area contributed by atoms with Crippen molar-refractivity contribution in [1.29, 1.82) is 0 Å². The van der Waals surface area contributed by atoms with Crippen LogP contribution >= 0.6 is 0 Å². The molecular formula is C19H23N5O. The van der Waals surface area contributed by atoms with Crippen molar-refractivity contribution in [2.75, 3.05) is 29.9 Å². The zero-order valence-corrected chi connectivity index (χ0v) is 14.6. The summed E-state index contributed by atoms with van der Waals surface area (Å²) in [5, 5.41) is 3.01. The molecule has 3 aliphatic heterocycles. The van der Waals surface area contributed by atoms with Crippen molar-refractivity contribution in [3.05, 3.63) is 47.9 Å². The highest BCUT2D eigenvalue weighted by Crippen LogP contribution is 2.33. The van der Waals surface area contributed by atoms with Crippen molar-refractivity contribution >= 4 is 17.4 Å². The smallest absolute Gasteiger partial charge is 0.238 e. The Morgan fingerprint density at radius 1 is 1.24 bits per heavy atom. The molecule has 0 aliphatic carbocycles. The lowest BCUT2D eigenvalue weighted by Gasteiger charge is -2.56. The van der Waals surface area contributed by atoms with Crippen LogP contribution < -0.4 is 10.2 Å². The van der Waals surface area contributed by atoms with E-state index in [0.717, 1.165) is 42.4 Å². The molecule has 1 amide bonds. The van der Waals surface area contributed by atoms with Crippen LogP contribution in [0.1, 0.15) is 17.8 Å². The number of nitrogens with one attached hydrogen (secondary N) is 1. The first kappa shape index (κ1) is 16.0. The summed E-state index contributed by atoms with van der Waals surface area (Å²) in [6.07, 6.45) is 2.98. The van der Waals surface area contributed by atoms with Crippen molar-refractivity contribution in [1.82, 2.24) is 14.9 Å². The van der Waals surface area contributed by atoms with E-state index in [1.54, 1.807) is 0 Å². The molecule has 3 aliphatic rings. The average molecular weight is 337 g/mol. The molecule has 25 heavy (non-hydrogen) atoms. The number of hydrogen-bond donors (Lipinski definition) is 1. The van der Waals surface area contributed by atoms with Gasteiger partial charge < -0.3 is 10.2 Å². The topological polar surface area (TPSA) is 61.4 Å². The largest absolute Gasteiger partial charge is 0.353 e. The van der Waals surface area contributed by atoms with Crippen LogP contribution in [0.4, 0.5) is 11.5 Å². The Morgan fingerprint density at radius 2 is 2.04 bits per heavy atom. The number of piperazine rings is 1. The molecule has 2 bridgehead atoms. The molecule has 3 fully saturated rings. The number of fused-ring (bicyclic) bond motifs is 2. The highest BCUT2D eigenvalue weighted by atomic mass is 16.2. The normalized spacial score (nSPS) is 22.4. The minimum absolute atomic E-state index is 0.0617. The Morgan fingerprint density at radius 3 is 2.76 bits per heavy atom. The Hall–Kier alpha value is -2.47. The molecule has 130 valence electrons. The summed E-state index contributed by atoms with van der Waals surface area (Å²) >= 11 is 0. The third-order valence-electron chi connectivity index (χ3n) is 5.06. The van der Waals surface area contributed by atoms with Gasteiger partial charge in [-0.3, -0.25) is 9.69 Å². The fourth-order valence-corrected chi connectivity index (χ4v) is 3.84. The Kier molecular flexibility index (Phi) is 4.13. The van der Waals surface area contributed by atoms with E-state index in [1.807, 2.05) is 50.4 Å². The van der Waals surface area contributed by atoms with E-state index < -0.39 is 0 Å². The number of carbonyl (C=O) groups excluding carboxylic acids is 1. The van der Waals surface area contributed by atoms with Gasteiger partial charge in [-0.15, -0.1) is 0 Å². The van der Waals surface area contributed by atoms with Crippen LogP contribution in [0.2, 0.25) is 0 Å². The van der Waals surface area contributed by atoms with Gasteiger partial charge in [-0.1, -0.05) is 12.1 Å². The molecule has 6 heteroatoms. The summed E-state index contributed by atoms with van der Waals surface area (Å²) in [5.74, 6) is 1.85. The third-order valence-corrected chi connectivity index (χ3v) is 5.06. The highest BCUT2D eigenvalue weighted by Gasteiger charge is 2.45. The van der Waals surface area contributed by atoms with Crippen molar-refractivity contribution in [3.8, 4) is 0 Å². The van der Waals surface area contributed by atoms with E-state index in [2.05, 4.69) is 25.1 Å². The maximum Gasteiger partial charge on any atom is 0.238 e. The zero-order chi connectivity index (χ0) is 17.4. The summed E-state index contributed by atoms with van der Waals surface area (Å²) in [6.45, 7) is 6.24. The molecule has 0 spiro atoms. The summed E-state index contributed by atoms with van der Waals surface area (Å²) in [4.78, 5) is 25.7. The minimum Gasteiger partial charge on any atom is -0.353 e. The predicted molar refractivity (Wildman–Crippen MR) is 97.7 cm³/mol. The fraction of sp³-hybridized carbons (Fsp3) is 0.421. The number of rotatable bonds is 4. The van der Waals surface area contributed by atoms with Crippen LogP contribution in [-0.4, -0.2) is 52.5 Å². The third kappa shape index (κ3) is 3.35. The monoisotopic (exact) mass is 337 g/mol. The molecule has 2 unspecified atom stereocenters. The number of hydrogen-bond acceptors (Lipinski definition) is 5. The molecule has 0 radical (unpaired) electrons. The maximum absolute atomic E-state index is 12.4. The second kappa shape index (κ2) is 6.44. The molecular weight excluding hydrogens is 314 g/mol. The first-order chi connectivity index (χ1) is 12.1. The van der Waals surface area contributed by atoms with Crippen LogP contribution in [0.5, 0.6) is 0 Å². The molecule has 1 aromatic heterocycles. The van der Waals surface area contributed by atoms with Crippen LogP contribution in [-0.2, 0) is 4.79 Å². The number of nitrogens with zero attached hydrogens (tertiary/aromatic N) is 4. The van der Waals surface area contributed by atoms with Crippen LogP contribution in [0.25, 0.3) is 0 Å². The van der Waals surface area contributed by atoms with E-state index >= 15 is 0 Å². The van der Waals surface area contributed by atoms with Crippen molar-refractivity contribution < 1.29 is 4.79 Å². The number of amides is 1. The number of anilines is 2. The number of aryl methyl sites for hydroxylation is 2. The molecule has 0 saturated carbocycles. The molecule has 3 saturated heterocycles. The van der Waals surface area contributed by atoms with E-state index in [0.29, 0.717) is 18.6 Å². The Balaban J connectivity index is 1.35. The molecule has 6 nitrogen and oxygen atoms in total. The highest BCUT2D eigenvalue weighted by molar-refractivity contribution is 5.92. The lowest BCUT2D eigenvalue weighted by Crippen LogP contribution is -2.69. The molecule has 4 heterocycles. The van der Waals surface area contributed by atoms with Crippen LogP contribution in [0.3, 0.4) is 0 Å².